The molecule has 124 valence electrons. The monoisotopic (exact) mass is 325 g/mol. The van der Waals surface area contributed by atoms with Gasteiger partial charge in [0.2, 0.25) is 5.91 Å². The summed E-state index contributed by atoms with van der Waals surface area (Å²) in [5.74, 6) is -0.272. The first-order chi connectivity index (χ1) is 11.7. The van der Waals surface area contributed by atoms with Crippen molar-refractivity contribution in [3.8, 4) is 0 Å². The molecule has 5 heteroatoms. The highest BCUT2D eigenvalue weighted by atomic mass is 19.1. The molecule has 0 N–H and O–H groups in total. The first kappa shape index (κ1) is 16.3. The van der Waals surface area contributed by atoms with E-state index in [0.29, 0.717) is 0 Å². The number of halogens is 1. The average molecular weight is 325 g/mol. The fourth-order valence-corrected chi connectivity index (χ4v) is 2.72. The van der Waals surface area contributed by atoms with Gasteiger partial charge in [0.15, 0.2) is 0 Å². The SMILES string of the molecule is O=C(/C=C/c1ccc(F)cc1)N1CCN(Cc2ccncc2)CC1. The second-order valence-corrected chi connectivity index (χ2v) is 5.84. The van der Waals surface area contributed by atoms with E-state index in [2.05, 4.69) is 9.88 Å². The molecule has 1 aromatic heterocycles. The quantitative estimate of drug-likeness (QED) is 0.811. The number of piperazine rings is 1. The molecule has 0 unspecified atom stereocenters. The molecule has 1 aliphatic heterocycles. The average Bonchev–Trinajstić information content (AvgIpc) is 2.62. The maximum Gasteiger partial charge on any atom is 0.246 e. The van der Waals surface area contributed by atoms with Crippen molar-refractivity contribution in [2.75, 3.05) is 26.2 Å². The molecule has 0 aliphatic carbocycles. The van der Waals surface area contributed by atoms with E-state index < -0.39 is 0 Å². The van der Waals surface area contributed by atoms with Crippen LogP contribution in [0.3, 0.4) is 0 Å². The minimum absolute atomic E-state index is 0.00267. The fraction of sp³-hybridized carbons (Fsp3) is 0.263. The van der Waals surface area contributed by atoms with Crippen LogP contribution in [0.15, 0.2) is 54.9 Å². The van der Waals surface area contributed by atoms with Crippen molar-refractivity contribution in [3.05, 3.63) is 71.8 Å². The van der Waals surface area contributed by atoms with Crippen molar-refractivity contribution in [2.24, 2.45) is 0 Å². The topological polar surface area (TPSA) is 36.4 Å². The van der Waals surface area contributed by atoms with Crippen molar-refractivity contribution in [3.63, 3.8) is 0 Å². The maximum atomic E-state index is 12.9. The molecule has 3 rings (SSSR count). The molecule has 1 amide bonds. The first-order valence-corrected chi connectivity index (χ1v) is 8.04. The number of benzene rings is 1. The fourth-order valence-electron chi connectivity index (χ4n) is 2.72. The van der Waals surface area contributed by atoms with E-state index in [1.807, 2.05) is 17.0 Å². The third-order valence-corrected chi connectivity index (χ3v) is 4.13. The standard InChI is InChI=1S/C19H20FN3O/c20-18-4-1-16(2-5-18)3-6-19(24)23-13-11-22(12-14-23)15-17-7-9-21-10-8-17/h1-10H,11-15H2/b6-3+. The number of nitrogens with zero attached hydrogens (tertiary/aromatic N) is 3. The van der Waals surface area contributed by atoms with Crippen LogP contribution in [-0.4, -0.2) is 46.9 Å². The molecule has 4 nitrogen and oxygen atoms in total. The summed E-state index contributed by atoms with van der Waals surface area (Å²) in [6.07, 6.45) is 6.89. The molecule has 0 saturated carbocycles. The van der Waals surface area contributed by atoms with Crippen LogP contribution in [0, 0.1) is 5.82 Å². The van der Waals surface area contributed by atoms with Gasteiger partial charge >= 0.3 is 0 Å². The summed E-state index contributed by atoms with van der Waals surface area (Å²) in [5, 5.41) is 0. The van der Waals surface area contributed by atoms with Gasteiger partial charge in [-0.1, -0.05) is 12.1 Å². The Balaban J connectivity index is 1.49. The number of hydrogen-bond donors (Lipinski definition) is 0. The molecule has 0 radical (unpaired) electrons. The lowest BCUT2D eigenvalue weighted by molar-refractivity contribution is -0.127. The summed E-state index contributed by atoms with van der Waals surface area (Å²) < 4.78 is 12.9. The van der Waals surface area contributed by atoms with Crippen LogP contribution in [0.25, 0.3) is 6.08 Å². The summed E-state index contributed by atoms with van der Waals surface area (Å²) in [6, 6.07) is 10.1. The van der Waals surface area contributed by atoms with E-state index in [4.69, 9.17) is 0 Å². The molecular weight excluding hydrogens is 305 g/mol. The number of hydrogen-bond acceptors (Lipinski definition) is 3. The van der Waals surface area contributed by atoms with Crippen LogP contribution in [0.5, 0.6) is 0 Å². The Hall–Kier alpha value is -2.53. The van der Waals surface area contributed by atoms with Crippen LogP contribution in [0.1, 0.15) is 11.1 Å². The minimum Gasteiger partial charge on any atom is -0.337 e. The van der Waals surface area contributed by atoms with Gasteiger partial charge in [0, 0.05) is 51.2 Å². The van der Waals surface area contributed by atoms with Gasteiger partial charge in [-0.3, -0.25) is 14.7 Å². The number of pyridine rings is 1. The molecule has 1 saturated heterocycles. The smallest absolute Gasteiger partial charge is 0.246 e. The Morgan fingerprint density at radius 3 is 2.38 bits per heavy atom. The highest BCUT2D eigenvalue weighted by molar-refractivity contribution is 5.91. The molecular formula is C19H20FN3O. The van der Waals surface area contributed by atoms with Crippen LogP contribution < -0.4 is 0 Å². The van der Waals surface area contributed by atoms with E-state index in [1.54, 1.807) is 36.7 Å². The molecule has 24 heavy (non-hydrogen) atoms. The summed E-state index contributed by atoms with van der Waals surface area (Å²) >= 11 is 0. The normalized spacial score (nSPS) is 15.8. The Morgan fingerprint density at radius 2 is 1.71 bits per heavy atom. The summed E-state index contributed by atoms with van der Waals surface area (Å²) in [7, 11) is 0. The van der Waals surface area contributed by atoms with Gasteiger partial charge in [-0.2, -0.15) is 0 Å². The second-order valence-electron chi connectivity index (χ2n) is 5.84. The maximum absolute atomic E-state index is 12.9. The van der Waals surface area contributed by atoms with Crippen molar-refractivity contribution in [2.45, 2.75) is 6.54 Å². The van der Waals surface area contributed by atoms with Gasteiger partial charge < -0.3 is 4.90 Å². The molecule has 0 atom stereocenters. The second kappa shape index (κ2) is 7.84. The molecule has 2 aromatic rings. The van der Waals surface area contributed by atoms with Gasteiger partial charge in [0.05, 0.1) is 0 Å². The lowest BCUT2D eigenvalue weighted by Gasteiger charge is -2.34. The zero-order valence-electron chi connectivity index (χ0n) is 13.4. The van der Waals surface area contributed by atoms with Crippen molar-refractivity contribution in [1.29, 1.82) is 0 Å². The number of amides is 1. The Kier molecular flexibility index (Phi) is 5.33. The predicted molar refractivity (Wildman–Crippen MR) is 91.5 cm³/mol. The summed E-state index contributed by atoms with van der Waals surface area (Å²) in [4.78, 5) is 20.5. The Bertz CT molecular complexity index is 692. The molecule has 1 aromatic carbocycles. The van der Waals surface area contributed by atoms with Gasteiger partial charge in [-0.15, -0.1) is 0 Å². The summed E-state index contributed by atoms with van der Waals surface area (Å²) in [5.41, 5.74) is 2.06. The lowest BCUT2D eigenvalue weighted by atomic mass is 10.2. The van der Waals surface area contributed by atoms with Crippen LogP contribution >= 0.6 is 0 Å². The van der Waals surface area contributed by atoms with Crippen LogP contribution in [0.2, 0.25) is 0 Å². The van der Waals surface area contributed by atoms with Gasteiger partial charge in [0.25, 0.3) is 0 Å². The minimum atomic E-state index is -0.274. The van der Waals surface area contributed by atoms with E-state index in [0.717, 1.165) is 38.3 Å². The lowest BCUT2D eigenvalue weighted by Crippen LogP contribution is -2.47. The van der Waals surface area contributed by atoms with Crippen molar-refractivity contribution < 1.29 is 9.18 Å². The number of carbonyl (C=O) groups excluding carboxylic acids is 1. The van der Waals surface area contributed by atoms with Crippen LogP contribution in [-0.2, 0) is 11.3 Å². The van der Waals surface area contributed by atoms with Crippen molar-refractivity contribution >= 4 is 12.0 Å². The zero-order valence-corrected chi connectivity index (χ0v) is 13.4. The van der Waals surface area contributed by atoms with Gasteiger partial charge in [-0.05, 0) is 41.5 Å². The number of rotatable bonds is 4. The number of aromatic nitrogens is 1. The molecule has 0 bridgehead atoms. The summed E-state index contributed by atoms with van der Waals surface area (Å²) in [6.45, 7) is 4.04. The van der Waals surface area contributed by atoms with E-state index >= 15 is 0 Å². The molecule has 0 spiro atoms. The highest BCUT2D eigenvalue weighted by Crippen LogP contribution is 2.09. The number of carbonyl (C=O) groups is 1. The third-order valence-electron chi connectivity index (χ3n) is 4.13. The first-order valence-electron chi connectivity index (χ1n) is 8.04. The molecule has 1 aliphatic rings. The van der Waals surface area contributed by atoms with Gasteiger partial charge in [0.1, 0.15) is 5.82 Å². The Morgan fingerprint density at radius 1 is 1.04 bits per heavy atom. The largest absolute Gasteiger partial charge is 0.337 e. The van der Waals surface area contributed by atoms with Gasteiger partial charge in [-0.25, -0.2) is 4.39 Å². The van der Waals surface area contributed by atoms with Crippen molar-refractivity contribution in [1.82, 2.24) is 14.8 Å². The third kappa shape index (κ3) is 4.49. The molecule has 2 heterocycles. The van der Waals surface area contributed by atoms with Crippen LogP contribution in [0.4, 0.5) is 4.39 Å². The molecule has 1 fully saturated rings. The van der Waals surface area contributed by atoms with E-state index in [-0.39, 0.29) is 11.7 Å². The zero-order chi connectivity index (χ0) is 16.8. The van der Waals surface area contributed by atoms with E-state index in [1.165, 1.54) is 17.7 Å². The Labute approximate surface area is 141 Å². The highest BCUT2D eigenvalue weighted by Gasteiger charge is 2.19. The van der Waals surface area contributed by atoms with E-state index in [9.17, 15) is 9.18 Å². The predicted octanol–water partition coefficient (Wildman–Crippen LogP) is 2.58.